The van der Waals surface area contributed by atoms with Crippen molar-refractivity contribution in [2.75, 3.05) is 5.75 Å². The van der Waals surface area contributed by atoms with Crippen molar-refractivity contribution in [3.8, 4) is 0 Å². The van der Waals surface area contributed by atoms with Crippen molar-refractivity contribution in [3.05, 3.63) is 11.1 Å². The average molecular weight is 247 g/mol. The Kier molecular flexibility index (Phi) is 3.72. The quantitative estimate of drug-likeness (QED) is 0.743. The highest BCUT2D eigenvalue weighted by molar-refractivity contribution is 8.03. The Hall–Kier alpha value is -0.620. The standard InChI is InChI=1S/C9H13NO3S2/c1-9(2)10(7(11)3-4-14)6(5-15-9)8(12)13/h5,14H,3-4H2,1-2H3,(H,12,13). The Morgan fingerprint density at radius 2 is 2.20 bits per heavy atom. The van der Waals surface area contributed by atoms with Gasteiger partial charge >= 0.3 is 5.97 Å². The van der Waals surface area contributed by atoms with Crippen LogP contribution in [0.4, 0.5) is 0 Å². The van der Waals surface area contributed by atoms with Crippen molar-refractivity contribution < 1.29 is 14.7 Å². The molecule has 15 heavy (non-hydrogen) atoms. The highest BCUT2D eigenvalue weighted by Gasteiger charge is 2.40. The van der Waals surface area contributed by atoms with Crippen molar-refractivity contribution in [2.45, 2.75) is 25.1 Å². The third-order valence-corrected chi connectivity index (χ3v) is 3.36. The van der Waals surface area contributed by atoms with Gasteiger partial charge in [-0.05, 0) is 19.6 Å². The molecule has 0 aliphatic carbocycles. The number of aliphatic carboxylic acids is 1. The van der Waals surface area contributed by atoms with Crippen LogP contribution in [-0.4, -0.2) is 32.5 Å². The highest BCUT2D eigenvalue weighted by atomic mass is 32.2. The number of hydrogen-bond donors (Lipinski definition) is 2. The van der Waals surface area contributed by atoms with Crippen molar-refractivity contribution in [1.82, 2.24) is 4.90 Å². The maximum absolute atomic E-state index is 11.7. The monoisotopic (exact) mass is 247 g/mol. The molecular weight excluding hydrogens is 234 g/mol. The fraction of sp³-hybridized carbons (Fsp3) is 0.556. The molecule has 1 rings (SSSR count). The molecule has 0 bridgehead atoms. The Labute approximate surface area is 98.1 Å². The third-order valence-electron chi connectivity index (χ3n) is 2.03. The molecule has 0 spiro atoms. The molecule has 0 saturated carbocycles. The van der Waals surface area contributed by atoms with Gasteiger partial charge in [0.1, 0.15) is 5.70 Å². The van der Waals surface area contributed by atoms with Crippen LogP contribution < -0.4 is 0 Å². The van der Waals surface area contributed by atoms with Crippen LogP contribution in [0.3, 0.4) is 0 Å². The fourth-order valence-corrected chi connectivity index (χ4v) is 2.49. The van der Waals surface area contributed by atoms with Crippen molar-refractivity contribution in [3.63, 3.8) is 0 Å². The smallest absolute Gasteiger partial charge is 0.353 e. The summed E-state index contributed by atoms with van der Waals surface area (Å²) in [6.07, 6.45) is 0.248. The minimum Gasteiger partial charge on any atom is -0.477 e. The van der Waals surface area contributed by atoms with E-state index in [9.17, 15) is 9.59 Å². The summed E-state index contributed by atoms with van der Waals surface area (Å²) in [5.74, 6) is -0.850. The molecule has 1 aliphatic rings. The summed E-state index contributed by atoms with van der Waals surface area (Å²) in [6.45, 7) is 3.64. The molecule has 0 aromatic heterocycles. The number of thiol groups is 1. The van der Waals surface area contributed by atoms with Crippen LogP contribution in [0.5, 0.6) is 0 Å². The van der Waals surface area contributed by atoms with Crippen LogP contribution in [0, 0.1) is 0 Å². The van der Waals surface area contributed by atoms with Crippen molar-refractivity contribution >= 4 is 36.3 Å². The van der Waals surface area contributed by atoms with E-state index in [0.717, 1.165) is 0 Å². The molecular formula is C9H13NO3S2. The number of carbonyl (C=O) groups is 2. The number of carboxylic acid groups (broad SMARTS) is 1. The zero-order valence-electron chi connectivity index (χ0n) is 8.56. The summed E-state index contributed by atoms with van der Waals surface area (Å²) in [4.78, 5) is 23.5. The molecule has 0 atom stereocenters. The van der Waals surface area contributed by atoms with Crippen LogP contribution in [0.25, 0.3) is 0 Å². The number of carboxylic acids is 1. The Morgan fingerprint density at radius 1 is 1.60 bits per heavy atom. The van der Waals surface area contributed by atoms with E-state index in [1.54, 1.807) is 0 Å². The zero-order valence-corrected chi connectivity index (χ0v) is 10.3. The maximum atomic E-state index is 11.7. The summed E-state index contributed by atoms with van der Waals surface area (Å²) < 4.78 is 0. The summed E-state index contributed by atoms with van der Waals surface area (Å²) in [7, 11) is 0. The first kappa shape index (κ1) is 12.4. The van der Waals surface area contributed by atoms with Crippen molar-refractivity contribution in [1.29, 1.82) is 0 Å². The normalized spacial score (nSPS) is 18.9. The molecule has 0 unspecified atom stereocenters. The lowest BCUT2D eigenvalue weighted by atomic mass is 10.2. The van der Waals surface area contributed by atoms with E-state index in [1.807, 2.05) is 13.8 Å². The van der Waals surface area contributed by atoms with Crippen LogP contribution in [-0.2, 0) is 9.59 Å². The van der Waals surface area contributed by atoms with E-state index in [4.69, 9.17) is 5.11 Å². The van der Waals surface area contributed by atoms with E-state index in [1.165, 1.54) is 22.1 Å². The first-order chi connectivity index (χ1) is 6.90. The number of thioether (sulfide) groups is 1. The van der Waals surface area contributed by atoms with E-state index >= 15 is 0 Å². The van der Waals surface area contributed by atoms with Gasteiger partial charge in [0.15, 0.2) is 0 Å². The molecule has 0 saturated heterocycles. The second-order valence-corrected chi connectivity index (χ2v) is 5.49. The molecule has 0 aromatic carbocycles. The summed E-state index contributed by atoms with van der Waals surface area (Å²) in [5, 5.41) is 10.5. The molecule has 6 heteroatoms. The van der Waals surface area contributed by atoms with Gasteiger partial charge in [-0.1, -0.05) is 0 Å². The van der Waals surface area contributed by atoms with Gasteiger partial charge in [0, 0.05) is 11.8 Å². The van der Waals surface area contributed by atoms with E-state index in [0.29, 0.717) is 5.75 Å². The number of nitrogens with zero attached hydrogens (tertiary/aromatic N) is 1. The Morgan fingerprint density at radius 3 is 2.67 bits per heavy atom. The lowest BCUT2D eigenvalue weighted by Crippen LogP contribution is -2.43. The van der Waals surface area contributed by atoms with Gasteiger partial charge in [-0.3, -0.25) is 9.69 Å². The van der Waals surface area contributed by atoms with E-state index < -0.39 is 10.8 Å². The summed E-state index contributed by atoms with van der Waals surface area (Å²) >= 11 is 5.31. The van der Waals surface area contributed by atoms with Crippen LogP contribution in [0.15, 0.2) is 11.1 Å². The van der Waals surface area contributed by atoms with Crippen LogP contribution in [0.2, 0.25) is 0 Å². The Bertz CT molecular complexity index is 325. The fourth-order valence-electron chi connectivity index (χ4n) is 1.38. The molecule has 4 nitrogen and oxygen atoms in total. The molecule has 1 aliphatic heterocycles. The number of hydrogen-bond acceptors (Lipinski definition) is 4. The Balaban J connectivity index is 2.94. The summed E-state index contributed by atoms with van der Waals surface area (Å²) in [6, 6.07) is 0. The third kappa shape index (κ3) is 2.49. The first-order valence-electron chi connectivity index (χ1n) is 4.45. The van der Waals surface area contributed by atoms with Gasteiger partial charge in [-0.25, -0.2) is 4.79 Å². The van der Waals surface area contributed by atoms with Gasteiger partial charge in [0.25, 0.3) is 0 Å². The zero-order chi connectivity index (χ0) is 11.6. The second-order valence-electron chi connectivity index (χ2n) is 3.58. The molecule has 84 valence electrons. The minimum absolute atomic E-state index is 0.0526. The highest BCUT2D eigenvalue weighted by Crippen LogP contribution is 2.40. The number of carbonyl (C=O) groups excluding carboxylic acids is 1. The lowest BCUT2D eigenvalue weighted by molar-refractivity contribution is -0.140. The number of amides is 1. The molecule has 0 aromatic rings. The average Bonchev–Trinajstić information content (AvgIpc) is 2.41. The van der Waals surface area contributed by atoms with Gasteiger partial charge in [0.05, 0.1) is 4.87 Å². The summed E-state index contributed by atoms with van der Waals surface area (Å²) in [5.41, 5.74) is 0.0526. The van der Waals surface area contributed by atoms with Gasteiger partial charge in [-0.2, -0.15) is 12.6 Å². The SMILES string of the molecule is CC1(C)SC=C(C(=O)O)N1C(=O)CCS. The van der Waals surface area contributed by atoms with E-state index in [-0.39, 0.29) is 18.0 Å². The molecule has 1 N–H and O–H groups in total. The first-order valence-corrected chi connectivity index (χ1v) is 5.96. The second kappa shape index (κ2) is 4.49. The topological polar surface area (TPSA) is 57.6 Å². The predicted octanol–water partition coefficient (Wildman–Crippen LogP) is 1.54. The van der Waals surface area contributed by atoms with Gasteiger partial charge in [-0.15, -0.1) is 11.8 Å². The molecule has 0 radical (unpaired) electrons. The van der Waals surface area contributed by atoms with Crippen molar-refractivity contribution in [2.24, 2.45) is 0 Å². The largest absolute Gasteiger partial charge is 0.477 e. The predicted molar refractivity (Wildman–Crippen MR) is 62.7 cm³/mol. The molecule has 0 fully saturated rings. The van der Waals surface area contributed by atoms with Gasteiger partial charge in [0.2, 0.25) is 5.91 Å². The number of rotatable bonds is 3. The minimum atomic E-state index is -1.07. The molecule has 1 amide bonds. The van der Waals surface area contributed by atoms with Crippen LogP contribution >= 0.6 is 24.4 Å². The van der Waals surface area contributed by atoms with Gasteiger partial charge < -0.3 is 5.11 Å². The lowest BCUT2D eigenvalue weighted by Gasteiger charge is -2.31. The molecule has 1 heterocycles. The van der Waals surface area contributed by atoms with E-state index in [2.05, 4.69) is 12.6 Å². The maximum Gasteiger partial charge on any atom is 0.353 e. The van der Waals surface area contributed by atoms with Crippen LogP contribution in [0.1, 0.15) is 20.3 Å².